The summed E-state index contributed by atoms with van der Waals surface area (Å²) in [5.74, 6) is -1.12. The van der Waals surface area contributed by atoms with Crippen LogP contribution in [0.15, 0.2) is 24.3 Å². The predicted molar refractivity (Wildman–Crippen MR) is 63.9 cm³/mol. The van der Waals surface area contributed by atoms with Crippen LogP contribution in [0.2, 0.25) is 5.02 Å². The summed E-state index contributed by atoms with van der Waals surface area (Å²) in [5.41, 5.74) is 6.61. The van der Waals surface area contributed by atoms with Gasteiger partial charge in [-0.25, -0.2) is 4.79 Å². The summed E-state index contributed by atoms with van der Waals surface area (Å²) in [6.45, 7) is 0. The van der Waals surface area contributed by atoms with Gasteiger partial charge in [-0.2, -0.15) is 4.37 Å². The number of aromatic nitrogens is 1. The van der Waals surface area contributed by atoms with Crippen molar-refractivity contribution in [3.8, 4) is 10.4 Å². The molecule has 82 valence electrons. The van der Waals surface area contributed by atoms with E-state index in [2.05, 4.69) is 4.37 Å². The van der Waals surface area contributed by atoms with Crippen molar-refractivity contribution in [3.05, 3.63) is 35.0 Å². The predicted octanol–water partition coefficient (Wildman–Crippen LogP) is 2.74. The van der Waals surface area contributed by atoms with Gasteiger partial charge in [-0.05, 0) is 29.2 Å². The van der Waals surface area contributed by atoms with Crippen LogP contribution in [0.4, 0.5) is 5.69 Å². The summed E-state index contributed by atoms with van der Waals surface area (Å²) in [4.78, 5) is 11.4. The molecule has 0 saturated heterocycles. The molecule has 1 aromatic carbocycles. The smallest absolute Gasteiger partial charge is 0.357 e. The van der Waals surface area contributed by atoms with E-state index >= 15 is 0 Å². The molecule has 4 nitrogen and oxygen atoms in total. The van der Waals surface area contributed by atoms with Crippen molar-refractivity contribution in [2.75, 3.05) is 5.73 Å². The number of anilines is 1. The Kier molecular flexibility index (Phi) is 2.80. The van der Waals surface area contributed by atoms with E-state index in [0.29, 0.717) is 9.90 Å². The van der Waals surface area contributed by atoms with E-state index in [9.17, 15) is 4.79 Å². The van der Waals surface area contributed by atoms with Crippen molar-refractivity contribution < 1.29 is 9.90 Å². The average molecular weight is 255 g/mol. The fourth-order valence-electron chi connectivity index (χ4n) is 1.26. The van der Waals surface area contributed by atoms with Crippen LogP contribution in [-0.4, -0.2) is 15.4 Å². The third-order valence-electron chi connectivity index (χ3n) is 2.04. The summed E-state index contributed by atoms with van der Waals surface area (Å²) < 4.78 is 3.80. The van der Waals surface area contributed by atoms with Gasteiger partial charge in [0, 0.05) is 5.02 Å². The van der Waals surface area contributed by atoms with Crippen LogP contribution < -0.4 is 5.73 Å². The fourth-order valence-corrected chi connectivity index (χ4v) is 2.18. The molecular weight excluding hydrogens is 248 g/mol. The van der Waals surface area contributed by atoms with E-state index < -0.39 is 5.97 Å². The Bertz CT molecular complexity index is 536. The number of rotatable bonds is 2. The number of hydrogen-bond donors (Lipinski definition) is 2. The molecule has 0 aliphatic rings. The second kappa shape index (κ2) is 4.11. The molecule has 1 heterocycles. The number of carboxylic acid groups (broad SMARTS) is 1. The van der Waals surface area contributed by atoms with Gasteiger partial charge in [0.25, 0.3) is 0 Å². The summed E-state index contributed by atoms with van der Waals surface area (Å²) in [7, 11) is 0. The third kappa shape index (κ3) is 1.87. The van der Waals surface area contributed by atoms with Crippen molar-refractivity contribution in [3.63, 3.8) is 0 Å². The second-order valence-corrected chi connectivity index (χ2v) is 4.30. The summed E-state index contributed by atoms with van der Waals surface area (Å²) in [6.07, 6.45) is 0. The SMILES string of the molecule is Nc1c(C(=O)O)nsc1-c1ccc(Cl)cc1. The van der Waals surface area contributed by atoms with Crippen molar-refractivity contribution >= 4 is 34.8 Å². The first kappa shape index (κ1) is 10.9. The van der Waals surface area contributed by atoms with Crippen LogP contribution in [0.1, 0.15) is 10.5 Å². The summed E-state index contributed by atoms with van der Waals surface area (Å²) >= 11 is 6.82. The summed E-state index contributed by atoms with van der Waals surface area (Å²) in [5, 5.41) is 9.43. The number of nitrogens with zero attached hydrogens (tertiary/aromatic N) is 1. The van der Waals surface area contributed by atoms with E-state index in [0.717, 1.165) is 17.1 Å². The zero-order valence-corrected chi connectivity index (χ0v) is 9.55. The van der Waals surface area contributed by atoms with Crippen molar-refractivity contribution in [2.45, 2.75) is 0 Å². The highest BCUT2D eigenvalue weighted by molar-refractivity contribution is 7.10. The first-order valence-corrected chi connectivity index (χ1v) is 5.49. The van der Waals surface area contributed by atoms with Gasteiger partial charge in [0.1, 0.15) is 0 Å². The Morgan fingerprint density at radius 3 is 2.50 bits per heavy atom. The standard InChI is InChI=1S/C10H7ClN2O2S/c11-6-3-1-5(2-4-6)9-7(12)8(10(14)15)13-16-9/h1-4H,12H2,(H,14,15). The van der Waals surface area contributed by atoms with Crippen LogP contribution in [-0.2, 0) is 0 Å². The van der Waals surface area contributed by atoms with Gasteiger partial charge in [-0.15, -0.1) is 0 Å². The topological polar surface area (TPSA) is 76.2 Å². The number of nitrogen functional groups attached to an aromatic ring is 1. The first-order valence-electron chi connectivity index (χ1n) is 4.34. The summed E-state index contributed by atoms with van der Waals surface area (Å²) in [6, 6.07) is 6.99. The number of aromatic carboxylic acids is 1. The van der Waals surface area contributed by atoms with Crippen LogP contribution in [0.25, 0.3) is 10.4 Å². The lowest BCUT2D eigenvalue weighted by Gasteiger charge is -1.98. The Hall–Kier alpha value is -1.59. The van der Waals surface area contributed by atoms with Crippen molar-refractivity contribution in [1.82, 2.24) is 4.37 Å². The maximum absolute atomic E-state index is 10.8. The monoisotopic (exact) mass is 254 g/mol. The van der Waals surface area contributed by atoms with Gasteiger partial charge in [0.2, 0.25) is 0 Å². The van der Waals surface area contributed by atoms with Crippen molar-refractivity contribution in [2.24, 2.45) is 0 Å². The maximum Gasteiger partial charge on any atom is 0.357 e. The molecule has 0 amide bonds. The van der Waals surface area contributed by atoms with Crippen LogP contribution >= 0.6 is 23.1 Å². The normalized spacial score (nSPS) is 10.3. The van der Waals surface area contributed by atoms with E-state index in [1.807, 2.05) is 0 Å². The van der Waals surface area contributed by atoms with E-state index in [1.54, 1.807) is 24.3 Å². The molecule has 1 aromatic heterocycles. The van der Waals surface area contributed by atoms with Gasteiger partial charge < -0.3 is 10.8 Å². The minimum Gasteiger partial charge on any atom is -0.476 e. The third-order valence-corrected chi connectivity index (χ3v) is 3.20. The van der Waals surface area contributed by atoms with Gasteiger partial charge in [0.05, 0.1) is 10.6 Å². The highest BCUT2D eigenvalue weighted by Gasteiger charge is 2.17. The number of halogens is 1. The molecule has 0 aliphatic heterocycles. The molecule has 0 spiro atoms. The molecule has 0 atom stereocenters. The van der Waals surface area contributed by atoms with Crippen LogP contribution in [0.3, 0.4) is 0 Å². The quantitative estimate of drug-likeness (QED) is 0.864. The Morgan fingerprint density at radius 2 is 2.00 bits per heavy atom. The largest absolute Gasteiger partial charge is 0.476 e. The van der Waals surface area contributed by atoms with Gasteiger partial charge in [0.15, 0.2) is 5.69 Å². The fraction of sp³-hybridized carbons (Fsp3) is 0. The Labute approximate surface area is 100 Å². The lowest BCUT2D eigenvalue weighted by Crippen LogP contribution is -2.01. The van der Waals surface area contributed by atoms with Gasteiger partial charge in [-0.3, -0.25) is 0 Å². The zero-order chi connectivity index (χ0) is 11.7. The van der Waals surface area contributed by atoms with Crippen LogP contribution in [0, 0.1) is 0 Å². The molecule has 0 saturated carbocycles. The molecule has 16 heavy (non-hydrogen) atoms. The molecule has 2 aromatic rings. The number of carbonyl (C=O) groups is 1. The molecule has 2 rings (SSSR count). The Morgan fingerprint density at radius 1 is 1.38 bits per heavy atom. The molecular formula is C10H7ClN2O2S. The molecule has 0 fully saturated rings. The van der Waals surface area contributed by atoms with Crippen molar-refractivity contribution in [1.29, 1.82) is 0 Å². The van der Waals surface area contributed by atoms with Gasteiger partial charge >= 0.3 is 5.97 Å². The minimum atomic E-state index is -1.12. The maximum atomic E-state index is 10.8. The first-order chi connectivity index (χ1) is 7.59. The number of benzene rings is 1. The molecule has 0 bridgehead atoms. The van der Waals surface area contributed by atoms with Crippen LogP contribution in [0.5, 0.6) is 0 Å². The molecule has 0 radical (unpaired) electrons. The second-order valence-electron chi connectivity index (χ2n) is 3.09. The number of hydrogen-bond acceptors (Lipinski definition) is 4. The van der Waals surface area contributed by atoms with E-state index in [4.69, 9.17) is 22.4 Å². The Balaban J connectivity index is 2.49. The molecule has 3 N–H and O–H groups in total. The minimum absolute atomic E-state index is 0.102. The number of nitrogens with two attached hydrogens (primary N) is 1. The molecule has 0 aliphatic carbocycles. The van der Waals surface area contributed by atoms with Gasteiger partial charge in [-0.1, -0.05) is 23.7 Å². The molecule has 0 unspecified atom stereocenters. The highest BCUT2D eigenvalue weighted by atomic mass is 35.5. The lowest BCUT2D eigenvalue weighted by molar-refractivity contribution is 0.0693. The lowest BCUT2D eigenvalue weighted by atomic mass is 10.1. The van der Waals surface area contributed by atoms with E-state index in [1.165, 1.54) is 0 Å². The highest BCUT2D eigenvalue weighted by Crippen LogP contribution is 2.33. The zero-order valence-electron chi connectivity index (χ0n) is 7.98. The number of carboxylic acids is 1. The van der Waals surface area contributed by atoms with E-state index in [-0.39, 0.29) is 11.4 Å². The average Bonchev–Trinajstić information content (AvgIpc) is 2.61. The molecule has 6 heteroatoms.